The smallest absolute Gasteiger partial charge is 0.126 e. The van der Waals surface area contributed by atoms with Crippen molar-refractivity contribution in [3.8, 4) is 6.07 Å². The van der Waals surface area contributed by atoms with E-state index in [-0.39, 0.29) is 5.56 Å². The molecule has 2 aromatic carbocycles. The van der Waals surface area contributed by atoms with Gasteiger partial charge in [0.1, 0.15) is 5.82 Å². The van der Waals surface area contributed by atoms with Crippen molar-refractivity contribution in [2.75, 3.05) is 5.32 Å². The molecule has 0 unspecified atom stereocenters. The lowest BCUT2D eigenvalue weighted by molar-refractivity contribution is 0.628. The minimum atomic E-state index is -0.490. The maximum absolute atomic E-state index is 13.3. The molecule has 0 spiro atoms. The van der Waals surface area contributed by atoms with E-state index in [0.29, 0.717) is 21.4 Å². The van der Waals surface area contributed by atoms with Gasteiger partial charge in [-0.15, -0.1) is 0 Å². The fourth-order valence-electron chi connectivity index (χ4n) is 1.62. The Kier molecular flexibility index (Phi) is 3.94. The Morgan fingerprint density at radius 3 is 2.53 bits per heavy atom. The summed E-state index contributed by atoms with van der Waals surface area (Å²) < 4.78 is 13.3. The second-order valence-electron chi connectivity index (χ2n) is 4.05. The second kappa shape index (κ2) is 5.48. The molecule has 5 heteroatoms. The lowest BCUT2D eigenvalue weighted by atomic mass is 10.2. The lowest BCUT2D eigenvalue weighted by Gasteiger charge is -2.10. The summed E-state index contributed by atoms with van der Waals surface area (Å²) in [6.07, 6.45) is 0. The van der Waals surface area contributed by atoms with Crippen LogP contribution >= 0.6 is 23.2 Å². The predicted octanol–water partition coefficient (Wildman–Crippen LogP) is 5.06. The molecular formula is C14H9Cl2FN2. The quantitative estimate of drug-likeness (QED) is 0.841. The third-order valence-electron chi connectivity index (χ3n) is 2.55. The predicted molar refractivity (Wildman–Crippen MR) is 75.6 cm³/mol. The molecule has 0 atom stereocenters. The summed E-state index contributed by atoms with van der Waals surface area (Å²) in [6.45, 7) is 1.84. The van der Waals surface area contributed by atoms with Gasteiger partial charge in [0.05, 0.1) is 22.3 Å². The van der Waals surface area contributed by atoms with E-state index in [2.05, 4.69) is 5.32 Å². The van der Waals surface area contributed by atoms with E-state index < -0.39 is 5.82 Å². The van der Waals surface area contributed by atoms with Gasteiger partial charge >= 0.3 is 0 Å². The molecule has 0 bridgehead atoms. The maximum Gasteiger partial charge on any atom is 0.126 e. The van der Waals surface area contributed by atoms with Crippen molar-refractivity contribution in [2.24, 2.45) is 0 Å². The van der Waals surface area contributed by atoms with Crippen LogP contribution in [0.5, 0.6) is 0 Å². The monoisotopic (exact) mass is 294 g/mol. The maximum atomic E-state index is 13.3. The molecule has 0 amide bonds. The van der Waals surface area contributed by atoms with E-state index in [1.165, 1.54) is 12.1 Å². The van der Waals surface area contributed by atoms with Gasteiger partial charge in [0.2, 0.25) is 0 Å². The molecule has 0 fully saturated rings. The average molecular weight is 295 g/mol. The number of nitriles is 1. The standard InChI is InChI=1S/C14H9Cl2FN2/c1-8-2-13(16)14(6-12(8)15)19-11-4-9(7-18)3-10(17)5-11/h2-6,19H,1H3. The molecule has 0 aliphatic rings. The van der Waals surface area contributed by atoms with Crippen LogP contribution in [0.15, 0.2) is 30.3 Å². The van der Waals surface area contributed by atoms with E-state index in [4.69, 9.17) is 28.5 Å². The van der Waals surface area contributed by atoms with Crippen LogP contribution in [0.25, 0.3) is 0 Å². The minimum Gasteiger partial charge on any atom is -0.354 e. The zero-order chi connectivity index (χ0) is 14.0. The molecule has 1 N–H and O–H groups in total. The van der Waals surface area contributed by atoms with Crippen molar-refractivity contribution in [3.05, 3.63) is 57.3 Å². The summed E-state index contributed by atoms with van der Waals surface area (Å²) in [7, 11) is 0. The molecule has 2 rings (SSSR count). The number of nitrogens with one attached hydrogen (secondary N) is 1. The fraction of sp³-hybridized carbons (Fsp3) is 0.0714. The SMILES string of the molecule is Cc1cc(Cl)c(Nc2cc(F)cc(C#N)c2)cc1Cl. The van der Waals surface area contributed by atoms with Crippen molar-refractivity contribution in [3.63, 3.8) is 0 Å². The highest BCUT2D eigenvalue weighted by molar-refractivity contribution is 6.35. The minimum absolute atomic E-state index is 0.233. The fourth-order valence-corrected chi connectivity index (χ4v) is 2.05. The number of aryl methyl sites for hydroxylation is 1. The van der Waals surface area contributed by atoms with Gasteiger partial charge in [-0.05, 0) is 42.8 Å². The first-order chi connectivity index (χ1) is 8.99. The zero-order valence-electron chi connectivity index (χ0n) is 9.97. The lowest BCUT2D eigenvalue weighted by Crippen LogP contribution is -1.94. The van der Waals surface area contributed by atoms with Gasteiger partial charge in [-0.1, -0.05) is 23.2 Å². The molecular weight excluding hydrogens is 286 g/mol. The first kappa shape index (κ1) is 13.7. The number of rotatable bonds is 2. The van der Waals surface area contributed by atoms with E-state index >= 15 is 0 Å². The van der Waals surface area contributed by atoms with Gasteiger partial charge in [0.15, 0.2) is 0 Å². The Hall–Kier alpha value is -1.76. The first-order valence-electron chi connectivity index (χ1n) is 5.43. The second-order valence-corrected chi connectivity index (χ2v) is 4.86. The van der Waals surface area contributed by atoms with E-state index in [1.54, 1.807) is 12.1 Å². The summed E-state index contributed by atoms with van der Waals surface area (Å²) in [4.78, 5) is 0. The molecule has 0 heterocycles. The van der Waals surface area contributed by atoms with Crippen LogP contribution in [0.4, 0.5) is 15.8 Å². The molecule has 0 saturated carbocycles. The molecule has 0 aromatic heterocycles. The number of hydrogen-bond donors (Lipinski definition) is 1. The van der Waals surface area contributed by atoms with Gasteiger partial charge in [-0.2, -0.15) is 5.26 Å². The van der Waals surface area contributed by atoms with Gasteiger partial charge in [-0.25, -0.2) is 4.39 Å². The van der Waals surface area contributed by atoms with Gasteiger partial charge < -0.3 is 5.32 Å². The summed E-state index contributed by atoms with van der Waals surface area (Å²) in [5.41, 5.74) is 2.09. The van der Waals surface area contributed by atoms with Gasteiger partial charge in [0, 0.05) is 10.7 Å². The Morgan fingerprint density at radius 2 is 1.84 bits per heavy atom. The molecule has 0 saturated heterocycles. The molecule has 0 aliphatic heterocycles. The van der Waals surface area contributed by atoms with Crippen LogP contribution < -0.4 is 5.32 Å². The summed E-state index contributed by atoms with van der Waals surface area (Å²) in [5.74, 6) is -0.490. The van der Waals surface area contributed by atoms with Crippen LogP contribution in [-0.4, -0.2) is 0 Å². The first-order valence-corrected chi connectivity index (χ1v) is 6.18. The van der Waals surface area contributed by atoms with E-state index in [9.17, 15) is 4.39 Å². The van der Waals surface area contributed by atoms with Crippen LogP contribution in [0.1, 0.15) is 11.1 Å². The Morgan fingerprint density at radius 1 is 1.11 bits per heavy atom. The Labute approximate surface area is 120 Å². The molecule has 19 heavy (non-hydrogen) atoms. The topological polar surface area (TPSA) is 35.8 Å². The molecule has 2 aromatic rings. The van der Waals surface area contributed by atoms with Crippen LogP contribution in [0, 0.1) is 24.1 Å². The van der Waals surface area contributed by atoms with Crippen LogP contribution in [0.2, 0.25) is 10.0 Å². The van der Waals surface area contributed by atoms with Gasteiger partial charge in [0.25, 0.3) is 0 Å². The van der Waals surface area contributed by atoms with Gasteiger partial charge in [-0.3, -0.25) is 0 Å². The van der Waals surface area contributed by atoms with Crippen LogP contribution in [-0.2, 0) is 0 Å². The van der Waals surface area contributed by atoms with E-state index in [1.807, 2.05) is 13.0 Å². The van der Waals surface area contributed by atoms with Crippen molar-refractivity contribution in [1.82, 2.24) is 0 Å². The Balaban J connectivity index is 2.39. The number of halogens is 3. The third-order valence-corrected chi connectivity index (χ3v) is 3.27. The highest BCUT2D eigenvalue weighted by Gasteiger charge is 2.07. The van der Waals surface area contributed by atoms with Crippen LogP contribution in [0.3, 0.4) is 0 Å². The highest BCUT2D eigenvalue weighted by Crippen LogP contribution is 2.31. The van der Waals surface area contributed by atoms with Crippen molar-refractivity contribution in [2.45, 2.75) is 6.92 Å². The number of hydrogen-bond acceptors (Lipinski definition) is 2. The number of benzene rings is 2. The average Bonchev–Trinajstić information content (AvgIpc) is 2.35. The zero-order valence-corrected chi connectivity index (χ0v) is 11.5. The van der Waals surface area contributed by atoms with Crippen molar-refractivity contribution in [1.29, 1.82) is 5.26 Å². The largest absolute Gasteiger partial charge is 0.354 e. The number of anilines is 2. The summed E-state index contributed by atoms with van der Waals surface area (Å²) in [6, 6.07) is 9.25. The number of nitrogens with zero attached hydrogens (tertiary/aromatic N) is 1. The Bertz CT molecular complexity index is 678. The van der Waals surface area contributed by atoms with Crippen molar-refractivity contribution >= 4 is 34.6 Å². The summed E-state index contributed by atoms with van der Waals surface area (Å²) in [5, 5.41) is 12.8. The van der Waals surface area contributed by atoms with Crippen molar-refractivity contribution < 1.29 is 4.39 Å². The molecule has 0 radical (unpaired) electrons. The third kappa shape index (κ3) is 3.17. The normalized spacial score (nSPS) is 10.1. The summed E-state index contributed by atoms with van der Waals surface area (Å²) >= 11 is 12.1. The molecule has 96 valence electrons. The molecule has 2 nitrogen and oxygen atoms in total. The molecule has 0 aliphatic carbocycles. The highest BCUT2D eigenvalue weighted by atomic mass is 35.5. The van der Waals surface area contributed by atoms with E-state index in [0.717, 1.165) is 11.6 Å².